The highest BCUT2D eigenvalue weighted by Crippen LogP contribution is 2.53. The number of hydrogen-bond acceptors (Lipinski definition) is 13. The first-order chi connectivity index (χ1) is 22.8. The largest absolute Gasteiger partial charge is 0.464 e. The van der Waals surface area contributed by atoms with E-state index in [1.54, 1.807) is 56.8 Å². The number of halogens is 1. The summed E-state index contributed by atoms with van der Waals surface area (Å²) < 4.78 is 56.7. The van der Waals surface area contributed by atoms with Crippen LogP contribution in [0, 0.1) is 0 Å². The molecule has 3 aliphatic rings. The summed E-state index contributed by atoms with van der Waals surface area (Å²) in [6.45, 7) is 15.4. The standard InChI is InChI=1S/C32H49ClN5O10P/c1-10-43-22(39)17-42-18-32(7,49(8,9)41)44-16-21-23-24(47-31(5,6)46-23)27(45-21)38-26-20(15-34-38)25(35-28(33)36-26)37(19-13-11-12-14-19)29(40)48-30(2,3)4/h15,19,21,23-24,27H,10-14,16-18H2,1-9H3/t21-,23-,24-,27-,32?/m1/s1. The van der Waals surface area contributed by atoms with Crippen LogP contribution in [0.1, 0.15) is 80.4 Å². The zero-order valence-corrected chi connectivity index (χ0v) is 31.4. The second-order valence-electron chi connectivity index (χ2n) is 14.7. The minimum absolute atomic E-state index is 0.0314. The van der Waals surface area contributed by atoms with Crippen molar-refractivity contribution in [3.8, 4) is 0 Å². The Hall–Kier alpha value is -2.39. The number of carbonyl (C=O) groups excluding carboxylic acids is 2. The highest BCUT2D eigenvalue weighted by atomic mass is 35.5. The van der Waals surface area contributed by atoms with E-state index in [1.165, 1.54) is 0 Å². The van der Waals surface area contributed by atoms with Crippen LogP contribution in [-0.2, 0) is 42.5 Å². The Morgan fingerprint density at radius 3 is 2.43 bits per heavy atom. The zero-order valence-electron chi connectivity index (χ0n) is 29.8. The smallest absolute Gasteiger partial charge is 0.416 e. The van der Waals surface area contributed by atoms with Crippen LogP contribution in [-0.4, -0.2) is 113 Å². The summed E-state index contributed by atoms with van der Waals surface area (Å²) in [7, 11) is -2.94. The molecule has 0 aromatic carbocycles. The molecule has 4 heterocycles. The van der Waals surface area contributed by atoms with E-state index in [4.69, 9.17) is 44.8 Å². The fourth-order valence-corrected chi connectivity index (χ4v) is 7.22. The zero-order chi connectivity index (χ0) is 35.9. The van der Waals surface area contributed by atoms with Crippen LogP contribution in [0.4, 0.5) is 10.6 Å². The van der Waals surface area contributed by atoms with Crippen LogP contribution in [0.15, 0.2) is 6.20 Å². The second-order valence-corrected chi connectivity index (χ2v) is 18.7. The van der Waals surface area contributed by atoms with Gasteiger partial charge >= 0.3 is 12.1 Å². The monoisotopic (exact) mass is 729 g/mol. The molecule has 0 N–H and O–H groups in total. The summed E-state index contributed by atoms with van der Waals surface area (Å²) in [6, 6.07) is -0.128. The topological polar surface area (TPSA) is 163 Å². The van der Waals surface area contributed by atoms with Crippen molar-refractivity contribution in [1.29, 1.82) is 0 Å². The molecule has 0 spiro atoms. The van der Waals surface area contributed by atoms with Gasteiger partial charge in [0.1, 0.15) is 43.0 Å². The van der Waals surface area contributed by atoms with Crippen molar-refractivity contribution in [1.82, 2.24) is 19.7 Å². The number of aromatic nitrogens is 4. The lowest BCUT2D eigenvalue weighted by atomic mass is 10.1. The van der Waals surface area contributed by atoms with Gasteiger partial charge in [-0.1, -0.05) is 12.8 Å². The molecule has 49 heavy (non-hydrogen) atoms. The fraction of sp³-hybridized carbons (Fsp3) is 0.781. The van der Waals surface area contributed by atoms with Crippen molar-refractivity contribution in [3.63, 3.8) is 0 Å². The molecule has 0 radical (unpaired) electrons. The van der Waals surface area contributed by atoms with Gasteiger partial charge in [0.15, 0.2) is 23.5 Å². The first kappa shape index (κ1) is 37.9. The molecule has 2 aliphatic heterocycles. The molecular weight excluding hydrogens is 681 g/mol. The van der Waals surface area contributed by atoms with Gasteiger partial charge in [-0.25, -0.2) is 14.3 Å². The molecule has 1 amide bonds. The van der Waals surface area contributed by atoms with Crippen molar-refractivity contribution in [2.75, 3.05) is 44.7 Å². The van der Waals surface area contributed by atoms with Crippen LogP contribution in [0.25, 0.3) is 11.0 Å². The quantitative estimate of drug-likeness (QED) is 0.153. The Labute approximate surface area is 291 Å². The van der Waals surface area contributed by atoms with Crippen molar-refractivity contribution in [2.24, 2.45) is 0 Å². The molecule has 15 nitrogen and oxygen atoms in total. The van der Waals surface area contributed by atoms with Gasteiger partial charge in [0, 0.05) is 6.04 Å². The third-order valence-corrected chi connectivity index (χ3v) is 11.6. The molecule has 5 atom stereocenters. The number of fused-ring (bicyclic) bond motifs is 2. The van der Waals surface area contributed by atoms with E-state index in [1.807, 2.05) is 20.8 Å². The van der Waals surface area contributed by atoms with E-state index in [9.17, 15) is 14.2 Å². The SMILES string of the molecule is CCOC(=O)COCC(C)(OC[C@H]1O[C@@H](n2ncc3c(N(C(=O)OC(C)(C)C)C4CCCC4)nc(Cl)nc32)[C@@H]2OC(C)(C)O[C@@H]21)P(C)(C)=O. The number of anilines is 1. The molecule has 17 heteroatoms. The summed E-state index contributed by atoms with van der Waals surface area (Å²) in [5.74, 6) is -1.17. The minimum Gasteiger partial charge on any atom is -0.464 e. The molecule has 0 bridgehead atoms. The van der Waals surface area contributed by atoms with Crippen molar-refractivity contribution in [3.05, 3.63) is 11.5 Å². The van der Waals surface area contributed by atoms with Gasteiger partial charge in [-0.15, -0.1) is 0 Å². The van der Waals surface area contributed by atoms with Gasteiger partial charge < -0.3 is 37.7 Å². The molecular formula is C32H49ClN5O10P. The van der Waals surface area contributed by atoms with E-state index in [0.29, 0.717) is 16.9 Å². The van der Waals surface area contributed by atoms with Crippen LogP contribution < -0.4 is 4.90 Å². The van der Waals surface area contributed by atoms with Crippen molar-refractivity contribution < 1.29 is 47.3 Å². The molecule has 1 unspecified atom stereocenters. The molecule has 274 valence electrons. The third kappa shape index (κ3) is 8.40. The lowest BCUT2D eigenvalue weighted by molar-refractivity contribution is -0.206. The van der Waals surface area contributed by atoms with Gasteiger partial charge in [0.05, 0.1) is 31.4 Å². The van der Waals surface area contributed by atoms with E-state index in [0.717, 1.165) is 25.7 Å². The second kappa shape index (κ2) is 14.3. The number of ether oxygens (including phenoxy) is 7. The maximum atomic E-state index is 13.6. The molecule has 2 saturated heterocycles. The third-order valence-electron chi connectivity index (χ3n) is 8.87. The first-order valence-corrected chi connectivity index (χ1v) is 19.7. The van der Waals surface area contributed by atoms with Crippen LogP contribution >= 0.6 is 18.7 Å². The van der Waals surface area contributed by atoms with Crippen LogP contribution in [0.3, 0.4) is 0 Å². The summed E-state index contributed by atoms with van der Waals surface area (Å²) >= 11 is 6.53. The molecule has 1 aliphatic carbocycles. The maximum absolute atomic E-state index is 13.6. The normalized spacial score (nSPS) is 25.3. The minimum atomic E-state index is -2.94. The number of hydrogen-bond donors (Lipinski definition) is 0. The van der Waals surface area contributed by atoms with E-state index in [-0.39, 0.29) is 37.8 Å². The number of esters is 1. The lowest BCUT2D eigenvalue weighted by Gasteiger charge is -2.35. The van der Waals surface area contributed by atoms with Crippen molar-refractivity contribution in [2.45, 2.75) is 121 Å². The average Bonchev–Trinajstić information content (AvgIpc) is 3.75. The molecule has 1 saturated carbocycles. The molecule has 2 aromatic rings. The highest BCUT2D eigenvalue weighted by Gasteiger charge is 2.57. The Morgan fingerprint density at radius 2 is 1.80 bits per heavy atom. The van der Waals surface area contributed by atoms with Gasteiger partial charge in [0.25, 0.3) is 0 Å². The summed E-state index contributed by atoms with van der Waals surface area (Å²) in [5, 5.41) is 3.82. The molecule has 5 rings (SSSR count). The van der Waals surface area contributed by atoms with Crippen molar-refractivity contribution >= 4 is 47.7 Å². The summed E-state index contributed by atoms with van der Waals surface area (Å²) in [4.78, 5) is 36.1. The van der Waals surface area contributed by atoms with E-state index >= 15 is 0 Å². The Kier molecular flexibility index (Phi) is 11.1. The number of amides is 1. The Bertz CT molecular complexity index is 1570. The van der Waals surface area contributed by atoms with Gasteiger partial charge in [-0.3, -0.25) is 4.90 Å². The summed E-state index contributed by atoms with van der Waals surface area (Å²) in [5.41, 5.74) is -0.388. The molecule has 3 fully saturated rings. The average molecular weight is 730 g/mol. The first-order valence-electron chi connectivity index (χ1n) is 16.7. The van der Waals surface area contributed by atoms with Crippen LogP contribution in [0.2, 0.25) is 5.28 Å². The number of rotatable bonds is 12. The van der Waals surface area contributed by atoms with Crippen LogP contribution in [0.5, 0.6) is 0 Å². The Balaban J connectivity index is 1.44. The van der Waals surface area contributed by atoms with Gasteiger partial charge in [-0.05, 0) is 86.2 Å². The maximum Gasteiger partial charge on any atom is 0.416 e. The Morgan fingerprint density at radius 1 is 1.12 bits per heavy atom. The van der Waals surface area contributed by atoms with Gasteiger partial charge in [-0.2, -0.15) is 15.1 Å². The predicted molar refractivity (Wildman–Crippen MR) is 180 cm³/mol. The molecule has 2 aromatic heterocycles. The number of carbonyl (C=O) groups is 2. The van der Waals surface area contributed by atoms with E-state index < -0.39 is 60.5 Å². The highest BCUT2D eigenvalue weighted by molar-refractivity contribution is 7.63. The predicted octanol–water partition coefficient (Wildman–Crippen LogP) is 5.52. The summed E-state index contributed by atoms with van der Waals surface area (Å²) in [6.07, 6.45) is 1.86. The van der Waals surface area contributed by atoms with E-state index in [2.05, 4.69) is 15.1 Å². The van der Waals surface area contributed by atoms with Gasteiger partial charge in [0.2, 0.25) is 5.28 Å². The fourth-order valence-electron chi connectivity index (χ4n) is 6.27. The lowest BCUT2D eigenvalue weighted by Crippen LogP contribution is -2.43. The number of nitrogens with zero attached hydrogens (tertiary/aromatic N) is 5.